The number of aliphatic hydroxyl groups excluding tert-OH is 1. The Hall–Kier alpha value is -4.64. The second-order valence-electron chi connectivity index (χ2n) is 10.5. The maximum absolute atomic E-state index is 13.6. The SMILES string of the molecule is COc1ccc(C2/C(=C(\O)c3ccc(OCc4cccc(C)c4)cc3)C(=O)C(=O)N2c2nnc(SCc3ccc(Cl)cc3)s2)cc1. The summed E-state index contributed by atoms with van der Waals surface area (Å²) >= 11 is 8.67. The Kier molecular flexibility index (Phi) is 9.39. The minimum Gasteiger partial charge on any atom is -0.507 e. The van der Waals surface area contributed by atoms with E-state index in [-0.39, 0.29) is 16.5 Å². The summed E-state index contributed by atoms with van der Waals surface area (Å²) in [6.07, 6.45) is 0. The molecule has 5 aromatic rings. The molecule has 0 bridgehead atoms. The van der Waals surface area contributed by atoms with Gasteiger partial charge in [0, 0.05) is 16.3 Å². The number of carbonyl (C=O) groups excluding carboxylic acids is 2. The Labute approximate surface area is 279 Å². The van der Waals surface area contributed by atoms with Crippen molar-refractivity contribution in [2.75, 3.05) is 12.0 Å². The quantitative estimate of drug-likeness (QED) is 0.0525. The molecular formula is C35H28ClN3O5S2. The Morgan fingerprint density at radius 3 is 2.35 bits per heavy atom. The Balaban J connectivity index is 1.30. The number of hydrogen-bond acceptors (Lipinski definition) is 9. The molecule has 232 valence electrons. The van der Waals surface area contributed by atoms with Gasteiger partial charge in [-0.05, 0) is 72.1 Å². The number of aryl methyl sites for hydroxylation is 1. The summed E-state index contributed by atoms with van der Waals surface area (Å²) < 4.78 is 11.9. The average Bonchev–Trinajstić information content (AvgIpc) is 3.65. The van der Waals surface area contributed by atoms with Crippen LogP contribution >= 0.6 is 34.7 Å². The van der Waals surface area contributed by atoms with Crippen LogP contribution in [0.15, 0.2) is 107 Å². The molecule has 46 heavy (non-hydrogen) atoms. The van der Waals surface area contributed by atoms with Crippen molar-refractivity contribution >= 4 is 57.3 Å². The normalized spacial score (nSPS) is 15.7. The number of aliphatic hydroxyl groups is 1. The standard InChI is InChI=1S/C35H28ClN3O5S2/c1-21-4-3-5-23(18-21)19-44-28-16-10-25(11-17-28)31(40)29-30(24-8-14-27(43-2)15-9-24)39(33(42)32(29)41)34-37-38-35(46-34)45-20-22-6-12-26(36)13-7-22/h3-18,30,40H,19-20H2,1-2H3/b31-29+. The fourth-order valence-electron chi connectivity index (χ4n) is 5.05. The van der Waals surface area contributed by atoms with Crippen molar-refractivity contribution in [2.24, 2.45) is 0 Å². The van der Waals surface area contributed by atoms with E-state index >= 15 is 0 Å². The molecule has 4 aromatic carbocycles. The predicted octanol–water partition coefficient (Wildman–Crippen LogP) is 8.01. The van der Waals surface area contributed by atoms with Gasteiger partial charge in [-0.3, -0.25) is 14.5 Å². The van der Waals surface area contributed by atoms with Crippen LogP contribution in [0.4, 0.5) is 5.13 Å². The number of Topliss-reactive ketones (excluding diaryl/α,β-unsaturated/α-hetero) is 1. The minimum atomic E-state index is -0.940. The molecular weight excluding hydrogens is 642 g/mol. The summed E-state index contributed by atoms with van der Waals surface area (Å²) in [6, 6.07) is 28.4. The molecule has 1 unspecified atom stereocenters. The van der Waals surface area contributed by atoms with E-state index < -0.39 is 17.7 Å². The summed E-state index contributed by atoms with van der Waals surface area (Å²) in [4.78, 5) is 28.5. The predicted molar refractivity (Wildman–Crippen MR) is 181 cm³/mol. The number of nitrogens with zero attached hydrogens (tertiary/aromatic N) is 3. The first-order valence-corrected chi connectivity index (χ1v) is 16.4. The lowest BCUT2D eigenvalue weighted by Crippen LogP contribution is -2.29. The summed E-state index contributed by atoms with van der Waals surface area (Å²) in [6.45, 7) is 2.41. The molecule has 8 nitrogen and oxygen atoms in total. The molecule has 1 saturated heterocycles. The number of anilines is 1. The first-order valence-electron chi connectivity index (χ1n) is 14.2. The molecule has 1 N–H and O–H groups in total. The van der Waals surface area contributed by atoms with E-state index in [0.717, 1.165) is 16.7 Å². The van der Waals surface area contributed by atoms with Crippen molar-refractivity contribution in [3.05, 3.63) is 135 Å². The number of benzene rings is 4. The number of ether oxygens (including phenoxy) is 2. The zero-order valence-corrected chi connectivity index (χ0v) is 27.2. The van der Waals surface area contributed by atoms with Crippen LogP contribution < -0.4 is 14.4 Å². The lowest BCUT2D eigenvalue weighted by Gasteiger charge is -2.22. The molecule has 0 radical (unpaired) electrons. The highest BCUT2D eigenvalue weighted by molar-refractivity contribution is 8.00. The number of hydrogen-bond donors (Lipinski definition) is 1. The van der Waals surface area contributed by atoms with E-state index in [0.29, 0.717) is 44.3 Å². The highest BCUT2D eigenvalue weighted by atomic mass is 35.5. The molecule has 6 rings (SSSR count). The van der Waals surface area contributed by atoms with E-state index in [2.05, 4.69) is 16.3 Å². The molecule has 1 aliphatic heterocycles. The third-order valence-electron chi connectivity index (χ3n) is 7.37. The molecule has 0 aliphatic carbocycles. The topological polar surface area (TPSA) is 102 Å². The third-order valence-corrected chi connectivity index (χ3v) is 9.75. The summed E-state index contributed by atoms with van der Waals surface area (Å²) in [5.41, 5.74) is 4.16. The second-order valence-corrected chi connectivity index (χ2v) is 13.1. The maximum Gasteiger partial charge on any atom is 0.301 e. The van der Waals surface area contributed by atoms with Gasteiger partial charge in [-0.1, -0.05) is 88.8 Å². The van der Waals surface area contributed by atoms with Crippen LogP contribution in [0, 0.1) is 6.92 Å². The molecule has 1 aliphatic rings. The lowest BCUT2D eigenvalue weighted by molar-refractivity contribution is -0.132. The van der Waals surface area contributed by atoms with E-state index in [9.17, 15) is 14.7 Å². The van der Waals surface area contributed by atoms with E-state index in [1.165, 1.54) is 28.0 Å². The molecule has 1 aromatic heterocycles. The van der Waals surface area contributed by atoms with Gasteiger partial charge in [0.05, 0.1) is 18.7 Å². The number of carbonyl (C=O) groups is 2. The zero-order valence-electron chi connectivity index (χ0n) is 24.8. The smallest absolute Gasteiger partial charge is 0.301 e. The fourth-order valence-corrected chi connectivity index (χ4v) is 7.00. The van der Waals surface area contributed by atoms with Gasteiger partial charge >= 0.3 is 5.91 Å². The van der Waals surface area contributed by atoms with Crippen molar-refractivity contribution in [2.45, 2.75) is 29.7 Å². The molecule has 0 saturated carbocycles. The van der Waals surface area contributed by atoms with Gasteiger partial charge in [0.1, 0.15) is 23.9 Å². The Morgan fingerprint density at radius 2 is 1.65 bits per heavy atom. The van der Waals surface area contributed by atoms with Gasteiger partial charge in [0.2, 0.25) is 5.13 Å². The number of ketones is 1. The van der Waals surface area contributed by atoms with Crippen molar-refractivity contribution in [3.63, 3.8) is 0 Å². The highest BCUT2D eigenvalue weighted by Gasteiger charge is 2.48. The minimum absolute atomic E-state index is 0.0471. The van der Waals surface area contributed by atoms with Crippen molar-refractivity contribution in [1.82, 2.24) is 10.2 Å². The van der Waals surface area contributed by atoms with Crippen molar-refractivity contribution in [3.8, 4) is 11.5 Å². The van der Waals surface area contributed by atoms with Crippen LogP contribution in [0.3, 0.4) is 0 Å². The van der Waals surface area contributed by atoms with Gasteiger partial charge < -0.3 is 14.6 Å². The molecule has 2 heterocycles. The van der Waals surface area contributed by atoms with Gasteiger partial charge in [-0.15, -0.1) is 10.2 Å². The van der Waals surface area contributed by atoms with E-state index in [1.54, 1.807) is 55.6 Å². The number of methoxy groups -OCH3 is 1. The van der Waals surface area contributed by atoms with Crippen LogP contribution in [0.1, 0.15) is 33.9 Å². The Morgan fingerprint density at radius 1 is 0.935 bits per heavy atom. The maximum atomic E-state index is 13.6. The second kappa shape index (κ2) is 13.8. The van der Waals surface area contributed by atoms with Gasteiger partial charge in [0.15, 0.2) is 4.34 Å². The molecule has 1 fully saturated rings. The van der Waals surface area contributed by atoms with Gasteiger partial charge in [0.25, 0.3) is 5.78 Å². The van der Waals surface area contributed by atoms with Crippen LogP contribution in [0.25, 0.3) is 5.76 Å². The van der Waals surface area contributed by atoms with Gasteiger partial charge in [-0.25, -0.2) is 0 Å². The lowest BCUT2D eigenvalue weighted by atomic mass is 9.95. The monoisotopic (exact) mass is 669 g/mol. The Bertz CT molecular complexity index is 1910. The van der Waals surface area contributed by atoms with Crippen molar-refractivity contribution < 1.29 is 24.2 Å². The van der Waals surface area contributed by atoms with E-state index in [4.69, 9.17) is 21.1 Å². The molecule has 11 heteroatoms. The molecule has 0 spiro atoms. The number of amides is 1. The third kappa shape index (κ3) is 6.79. The van der Waals surface area contributed by atoms with E-state index in [1.807, 2.05) is 49.4 Å². The molecule has 1 atom stereocenters. The van der Waals surface area contributed by atoms with Crippen LogP contribution in [-0.4, -0.2) is 34.1 Å². The average molecular weight is 670 g/mol. The molecule has 1 amide bonds. The number of halogens is 1. The largest absolute Gasteiger partial charge is 0.507 e. The summed E-state index contributed by atoms with van der Waals surface area (Å²) in [7, 11) is 1.56. The zero-order chi connectivity index (χ0) is 32.2. The van der Waals surface area contributed by atoms with Crippen LogP contribution in [0.2, 0.25) is 5.02 Å². The number of rotatable bonds is 10. The first kappa shape index (κ1) is 31.3. The number of aromatic nitrogens is 2. The summed E-state index contributed by atoms with van der Waals surface area (Å²) in [5.74, 6) is -0.0817. The van der Waals surface area contributed by atoms with Crippen LogP contribution in [0.5, 0.6) is 11.5 Å². The highest BCUT2D eigenvalue weighted by Crippen LogP contribution is 2.44. The number of thioether (sulfide) groups is 1. The fraction of sp³-hybridized carbons (Fsp3) is 0.143. The van der Waals surface area contributed by atoms with Crippen LogP contribution in [-0.2, 0) is 21.9 Å². The first-order chi connectivity index (χ1) is 22.3. The van der Waals surface area contributed by atoms with Crippen molar-refractivity contribution in [1.29, 1.82) is 0 Å². The van der Waals surface area contributed by atoms with Gasteiger partial charge in [-0.2, -0.15) is 0 Å². The summed E-state index contributed by atoms with van der Waals surface area (Å²) in [5, 5.41) is 21.0.